The van der Waals surface area contributed by atoms with E-state index in [1.165, 1.54) is 0 Å². The molecule has 0 aliphatic carbocycles. The Morgan fingerprint density at radius 3 is 2.58 bits per heavy atom. The second-order valence-corrected chi connectivity index (χ2v) is 7.12. The fraction of sp³-hybridized carbons (Fsp3) is 0.875. The summed E-state index contributed by atoms with van der Waals surface area (Å²) in [7, 11) is 1.71. The molecule has 0 bridgehead atoms. The molecule has 2 unspecified atom stereocenters. The molecule has 1 heterocycles. The number of hydrogen-bond donors (Lipinski definition) is 3. The number of aliphatic imine (C=N–C) groups is 1. The van der Waals surface area contributed by atoms with Gasteiger partial charge in [0.15, 0.2) is 5.96 Å². The van der Waals surface area contributed by atoms with Crippen molar-refractivity contribution < 1.29 is 9.53 Å². The number of amides is 1. The van der Waals surface area contributed by atoms with Gasteiger partial charge in [0.05, 0.1) is 19.8 Å². The number of hydrogen-bond acceptors (Lipinski definition) is 4. The maximum Gasteiger partial charge on any atom is 0.239 e. The molecule has 1 amide bonds. The molecule has 142 valence electrons. The average molecular weight is 455 g/mol. The minimum Gasteiger partial charge on any atom is -0.379 e. The number of nitrogens with zero attached hydrogens (tertiary/aromatic N) is 2. The van der Waals surface area contributed by atoms with Crippen molar-refractivity contribution in [3.63, 3.8) is 0 Å². The van der Waals surface area contributed by atoms with Crippen LogP contribution in [-0.4, -0.2) is 74.3 Å². The van der Waals surface area contributed by atoms with Crippen LogP contribution in [0.4, 0.5) is 0 Å². The molecule has 0 radical (unpaired) electrons. The van der Waals surface area contributed by atoms with Crippen molar-refractivity contribution in [3.8, 4) is 0 Å². The molecule has 2 atom stereocenters. The normalized spacial score (nSPS) is 20.8. The standard InChI is InChI=1S/C16H33N5O2.HI/c1-12(21-7-8-23-11-13(21)2)9-18-15(17-6)19-10-14(22)20-16(3,4)5;/h12-13H,7-11H2,1-6H3,(H,20,22)(H2,17,18,19);1H. The van der Waals surface area contributed by atoms with Gasteiger partial charge in [-0.1, -0.05) is 0 Å². The lowest BCUT2D eigenvalue weighted by Gasteiger charge is -2.38. The summed E-state index contributed by atoms with van der Waals surface area (Å²) in [5.41, 5.74) is -0.225. The quantitative estimate of drug-likeness (QED) is 0.325. The first-order chi connectivity index (χ1) is 10.7. The van der Waals surface area contributed by atoms with Gasteiger partial charge in [0.2, 0.25) is 5.91 Å². The zero-order valence-electron chi connectivity index (χ0n) is 15.8. The highest BCUT2D eigenvalue weighted by atomic mass is 127. The first-order valence-electron chi connectivity index (χ1n) is 8.32. The number of nitrogens with one attached hydrogen (secondary N) is 3. The van der Waals surface area contributed by atoms with Crippen LogP contribution >= 0.6 is 24.0 Å². The highest BCUT2D eigenvalue weighted by molar-refractivity contribution is 14.0. The Bertz CT molecular complexity index is 412. The van der Waals surface area contributed by atoms with Gasteiger partial charge in [-0.25, -0.2) is 0 Å². The van der Waals surface area contributed by atoms with Gasteiger partial charge in [-0.05, 0) is 34.6 Å². The number of rotatable bonds is 5. The summed E-state index contributed by atoms with van der Waals surface area (Å²) < 4.78 is 5.47. The summed E-state index contributed by atoms with van der Waals surface area (Å²) >= 11 is 0. The van der Waals surface area contributed by atoms with Gasteiger partial charge >= 0.3 is 0 Å². The Morgan fingerprint density at radius 1 is 1.38 bits per heavy atom. The van der Waals surface area contributed by atoms with Crippen molar-refractivity contribution >= 4 is 35.8 Å². The van der Waals surface area contributed by atoms with E-state index in [0.717, 1.165) is 26.3 Å². The Hall–Kier alpha value is -0.610. The topological polar surface area (TPSA) is 78.0 Å². The third-order valence-electron chi connectivity index (χ3n) is 3.70. The second-order valence-electron chi connectivity index (χ2n) is 7.12. The fourth-order valence-corrected chi connectivity index (χ4v) is 2.60. The number of ether oxygens (including phenoxy) is 1. The van der Waals surface area contributed by atoms with E-state index >= 15 is 0 Å². The van der Waals surface area contributed by atoms with Crippen LogP contribution in [0.25, 0.3) is 0 Å². The van der Waals surface area contributed by atoms with Crippen LogP contribution in [0, 0.1) is 0 Å². The third kappa shape index (κ3) is 9.03. The predicted molar refractivity (Wildman–Crippen MR) is 109 cm³/mol. The van der Waals surface area contributed by atoms with Crippen LogP contribution in [-0.2, 0) is 9.53 Å². The molecule has 1 fully saturated rings. The molecule has 24 heavy (non-hydrogen) atoms. The van der Waals surface area contributed by atoms with Crippen molar-refractivity contribution in [1.29, 1.82) is 0 Å². The maximum absolute atomic E-state index is 11.8. The predicted octanol–water partition coefficient (Wildman–Crippen LogP) is 0.793. The molecule has 1 aliphatic rings. The van der Waals surface area contributed by atoms with E-state index in [0.29, 0.717) is 18.0 Å². The van der Waals surface area contributed by atoms with Crippen molar-refractivity contribution in [2.45, 2.75) is 52.2 Å². The third-order valence-corrected chi connectivity index (χ3v) is 3.70. The Morgan fingerprint density at radius 2 is 2.04 bits per heavy atom. The van der Waals surface area contributed by atoms with Crippen LogP contribution in [0.1, 0.15) is 34.6 Å². The summed E-state index contributed by atoms with van der Waals surface area (Å²) in [5.74, 6) is 0.595. The zero-order valence-corrected chi connectivity index (χ0v) is 18.1. The van der Waals surface area contributed by atoms with E-state index in [9.17, 15) is 4.79 Å². The summed E-state index contributed by atoms with van der Waals surface area (Å²) in [6.45, 7) is 13.7. The number of carbonyl (C=O) groups excluding carboxylic acids is 1. The molecule has 0 aromatic rings. The lowest BCUT2D eigenvalue weighted by molar-refractivity contribution is -0.121. The lowest BCUT2D eigenvalue weighted by Crippen LogP contribution is -2.53. The van der Waals surface area contributed by atoms with Crippen LogP contribution in [0.15, 0.2) is 4.99 Å². The van der Waals surface area contributed by atoms with Crippen LogP contribution in [0.3, 0.4) is 0 Å². The van der Waals surface area contributed by atoms with E-state index < -0.39 is 0 Å². The summed E-state index contributed by atoms with van der Waals surface area (Å²) in [6, 6.07) is 0.795. The molecule has 7 nitrogen and oxygen atoms in total. The molecule has 0 aromatic heterocycles. The number of guanidine groups is 1. The first kappa shape index (κ1) is 23.4. The van der Waals surface area contributed by atoms with Gasteiger partial charge < -0.3 is 20.7 Å². The minimum atomic E-state index is -0.225. The lowest BCUT2D eigenvalue weighted by atomic mass is 10.1. The SMILES string of the molecule is CN=C(NCC(=O)NC(C)(C)C)NCC(C)N1CCOCC1C.I. The molecule has 8 heteroatoms. The largest absolute Gasteiger partial charge is 0.379 e. The van der Waals surface area contributed by atoms with Crippen LogP contribution in [0.5, 0.6) is 0 Å². The van der Waals surface area contributed by atoms with Gasteiger partial charge in [-0.2, -0.15) is 0 Å². The fourth-order valence-electron chi connectivity index (χ4n) is 2.60. The smallest absolute Gasteiger partial charge is 0.239 e. The molecular formula is C16H34IN5O2. The molecule has 0 aromatic carbocycles. The van der Waals surface area contributed by atoms with E-state index in [2.05, 4.69) is 39.7 Å². The Kier molecular flexibility index (Phi) is 10.8. The molecular weight excluding hydrogens is 421 g/mol. The number of morpholine rings is 1. The van der Waals surface area contributed by atoms with Gasteiger partial charge in [0.25, 0.3) is 0 Å². The maximum atomic E-state index is 11.8. The van der Waals surface area contributed by atoms with Gasteiger partial charge in [0, 0.05) is 37.8 Å². The first-order valence-corrected chi connectivity index (χ1v) is 8.32. The van der Waals surface area contributed by atoms with Gasteiger partial charge in [0.1, 0.15) is 0 Å². The van der Waals surface area contributed by atoms with E-state index in [4.69, 9.17) is 4.74 Å². The molecule has 1 aliphatic heterocycles. The molecule has 1 rings (SSSR count). The summed E-state index contributed by atoms with van der Waals surface area (Å²) in [6.07, 6.45) is 0. The van der Waals surface area contributed by atoms with Crippen molar-refractivity contribution in [2.24, 2.45) is 4.99 Å². The minimum absolute atomic E-state index is 0. The van der Waals surface area contributed by atoms with Crippen molar-refractivity contribution in [2.75, 3.05) is 39.9 Å². The molecule has 0 spiro atoms. The Balaban J connectivity index is 0.00000529. The van der Waals surface area contributed by atoms with Crippen molar-refractivity contribution in [1.82, 2.24) is 20.9 Å². The zero-order chi connectivity index (χ0) is 17.5. The van der Waals surface area contributed by atoms with Gasteiger partial charge in [-0.3, -0.25) is 14.7 Å². The molecule has 1 saturated heterocycles. The number of carbonyl (C=O) groups is 1. The highest BCUT2D eigenvalue weighted by Gasteiger charge is 2.23. The molecule has 0 saturated carbocycles. The summed E-state index contributed by atoms with van der Waals surface area (Å²) in [4.78, 5) is 18.4. The average Bonchev–Trinajstić information content (AvgIpc) is 2.45. The van der Waals surface area contributed by atoms with Crippen LogP contribution < -0.4 is 16.0 Å². The van der Waals surface area contributed by atoms with Gasteiger partial charge in [-0.15, -0.1) is 24.0 Å². The monoisotopic (exact) mass is 455 g/mol. The number of halogens is 1. The van der Waals surface area contributed by atoms with E-state index in [1.54, 1.807) is 7.05 Å². The second kappa shape index (κ2) is 11.1. The highest BCUT2D eigenvalue weighted by Crippen LogP contribution is 2.09. The Labute approximate surface area is 163 Å². The molecule has 3 N–H and O–H groups in total. The van der Waals surface area contributed by atoms with Crippen LogP contribution in [0.2, 0.25) is 0 Å². The van der Waals surface area contributed by atoms with Crippen molar-refractivity contribution in [3.05, 3.63) is 0 Å². The summed E-state index contributed by atoms with van der Waals surface area (Å²) in [5, 5.41) is 9.24. The van der Waals surface area contributed by atoms with E-state index in [-0.39, 0.29) is 42.0 Å². The van der Waals surface area contributed by atoms with E-state index in [1.807, 2.05) is 20.8 Å².